The third-order valence-corrected chi connectivity index (χ3v) is 7.11. The quantitative estimate of drug-likeness (QED) is 0.0721. The molecule has 1 fully saturated rings. The largest absolute Gasteiger partial charge is 0.503 e. The average Bonchev–Trinajstić information content (AvgIpc) is 3.26. The van der Waals surface area contributed by atoms with Crippen LogP contribution in [-0.4, -0.2) is 90.7 Å². The average molecular weight is 602 g/mol. The number of carboxylic acids is 1. The first-order chi connectivity index (χ1) is 18.4. The summed E-state index contributed by atoms with van der Waals surface area (Å²) in [4.78, 5) is 70.2. The molecule has 3 heterocycles. The highest BCUT2D eigenvalue weighted by molar-refractivity contribution is 7.84. The van der Waals surface area contributed by atoms with Gasteiger partial charge in [0.05, 0.1) is 12.2 Å². The van der Waals surface area contributed by atoms with Gasteiger partial charge in [-0.05, 0) is 13.8 Å². The van der Waals surface area contributed by atoms with Gasteiger partial charge in [-0.2, -0.15) is 8.42 Å². The summed E-state index contributed by atoms with van der Waals surface area (Å²) in [6.45, 7) is 1.65. The number of amides is 3. The number of pyridine rings is 1. The fourth-order valence-electron chi connectivity index (χ4n) is 3.30. The predicted octanol–water partition coefficient (Wildman–Crippen LogP) is -2.36. The van der Waals surface area contributed by atoms with Crippen molar-refractivity contribution in [3.8, 4) is 5.75 Å². The van der Waals surface area contributed by atoms with E-state index in [-0.39, 0.29) is 20.8 Å². The maximum absolute atomic E-state index is 13.1. The van der Waals surface area contributed by atoms with E-state index < -0.39 is 75.1 Å². The van der Waals surface area contributed by atoms with Crippen molar-refractivity contribution in [2.75, 3.05) is 12.3 Å². The number of rotatable bonds is 10. The van der Waals surface area contributed by atoms with E-state index >= 15 is 0 Å². The van der Waals surface area contributed by atoms with Crippen LogP contribution in [0.2, 0.25) is 0 Å². The molecule has 3 rings (SSSR count). The first-order valence-corrected chi connectivity index (χ1v) is 13.2. The number of aliphatic carboxylic acids is 1. The molecule has 1 aliphatic rings. The second-order valence-electron chi connectivity index (χ2n) is 8.78. The van der Waals surface area contributed by atoms with E-state index in [4.69, 9.17) is 10.6 Å². The van der Waals surface area contributed by atoms with Crippen LogP contribution in [0.3, 0.4) is 0 Å². The Morgan fingerprint density at radius 2 is 1.95 bits per heavy atom. The molecule has 0 radical (unpaired) electrons. The maximum Gasteiger partial charge on any atom is 0.362 e. The number of anilines is 1. The number of hydrogen-bond acceptors (Lipinski definition) is 13. The minimum atomic E-state index is -5.13. The Morgan fingerprint density at radius 3 is 2.50 bits per heavy atom. The molecule has 2 aromatic rings. The summed E-state index contributed by atoms with van der Waals surface area (Å²) >= 11 is 0.905. The van der Waals surface area contributed by atoms with Gasteiger partial charge in [-0.25, -0.2) is 14.1 Å². The number of thiazole rings is 1. The number of β-lactam (4-membered cyclic amide) rings is 1. The van der Waals surface area contributed by atoms with Gasteiger partial charge in [0.15, 0.2) is 16.6 Å². The molecule has 3 amide bonds. The summed E-state index contributed by atoms with van der Waals surface area (Å²) in [5.41, 5.74) is 1.84. The normalized spacial score (nSPS) is 17.6. The predicted molar refractivity (Wildman–Crippen MR) is 136 cm³/mol. The Hall–Kier alpha value is -4.56. The number of hydrogen-bond donors (Lipinski definition) is 6. The molecule has 0 saturated carbocycles. The van der Waals surface area contributed by atoms with Gasteiger partial charge in [0.25, 0.3) is 17.7 Å². The second kappa shape index (κ2) is 10.9. The Morgan fingerprint density at radius 1 is 1.30 bits per heavy atom. The molecule has 20 heteroatoms. The number of carbonyl (C=O) groups is 4. The van der Waals surface area contributed by atoms with E-state index in [1.165, 1.54) is 12.4 Å². The summed E-state index contributed by atoms with van der Waals surface area (Å²) < 4.78 is 34.2. The highest BCUT2D eigenvalue weighted by atomic mass is 32.2. The van der Waals surface area contributed by atoms with E-state index in [2.05, 4.69) is 20.8 Å². The van der Waals surface area contributed by atoms with Gasteiger partial charge in [0, 0.05) is 25.0 Å². The first-order valence-electron chi connectivity index (χ1n) is 10.9. The molecular weight excluding hydrogens is 578 g/mol. The van der Waals surface area contributed by atoms with Crippen molar-refractivity contribution < 1.29 is 47.2 Å². The molecule has 1 aliphatic heterocycles. The summed E-state index contributed by atoms with van der Waals surface area (Å²) in [6, 6.07) is -2.35. The van der Waals surface area contributed by atoms with Crippen LogP contribution < -0.4 is 21.8 Å². The lowest BCUT2D eigenvalue weighted by Gasteiger charge is -2.44. The van der Waals surface area contributed by atoms with Crippen molar-refractivity contribution in [3.63, 3.8) is 0 Å². The summed E-state index contributed by atoms with van der Waals surface area (Å²) in [5, 5.41) is 28.1. The number of aromatic nitrogens is 2. The van der Waals surface area contributed by atoms with Gasteiger partial charge in [-0.1, -0.05) is 5.16 Å². The number of carboxylic acid groups (broad SMARTS) is 1. The number of nitrogens with zero attached hydrogens (tertiary/aromatic N) is 4. The van der Waals surface area contributed by atoms with Crippen LogP contribution in [0.5, 0.6) is 5.75 Å². The molecule has 0 aliphatic carbocycles. The first kappa shape index (κ1) is 30.0. The number of nitrogens with two attached hydrogens (primary N) is 1. The highest BCUT2D eigenvalue weighted by Gasteiger charge is 2.54. The fraction of sp³-hybridized carbons (Fsp3) is 0.350. The zero-order valence-electron chi connectivity index (χ0n) is 20.9. The minimum absolute atomic E-state index is 0.00878. The van der Waals surface area contributed by atoms with E-state index in [1.54, 1.807) is 0 Å². The Bertz CT molecular complexity index is 1580. The zero-order valence-corrected chi connectivity index (χ0v) is 22.5. The monoisotopic (exact) mass is 601 g/mol. The van der Waals surface area contributed by atoms with E-state index in [0.29, 0.717) is 0 Å². The minimum Gasteiger partial charge on any atom is -0.503 e. The van der Waals surface area contributed by atoms with Crippen LogP contribution in [0.15, 0.2) is 27.6 Å². The van der Waals surface area contributed by atoms with Crippen LogP contribution in [0.4, 0.5) is 5.13 Å². The fourth-order valence-corrected chi connectivity index (χ4v) is 4.73. The topological polar surface area (TPSA) is 273 Å². The van der Waals surface area contributed by atoms with Crippen molar-refractivity contribution in [3.05, 3.63) is 39.3 Å². The second-order valence-corrected chi connectivity index (χ2v) is 11.0. The summed E-state index contributed by atoms with van der Waals surface area (Å²) in [7, 11) is -3.79. The number of aromatic hydroxyl groups is 1. The van der Waals surface area contributed by atoms with Crippen LogP contribution >= 0.6 is 11.3 Å². The van der Waals surface area contributed by atoms with Crippen LogP contribution in [0.25, 0.3) is 0 Å². The molecule has 1 saturated heterocycles. The van der Waals surface area contributed by atoms with Crippen molar-refractivity contribution >= 4 is 56.2 Å². The number of carbonyl (C=O) groups excluding carboxylic acids is 3. The smallest absolute Gasteiger partial charge is 0.362 e. The molecular formula is C20H23N7O11S2. The lowest BCUT2D eigenvalue weighted by atomic mass is 9.98. The molecule has 0 unspecified atom stereocenters. The number of nitrogens with one attached hydrogen (secondary N) is 2. The van der Waals surface area contributed by atoms with E-state index in [0.717, 1.165) is 42.0 Å². The van der Waals surface area contributed by atoms with Crippen LogP contribution in [-0.2, 0) is 36.6 Å². The summed E-state index contributed by atoms with van der Waals surface area (Å²) in [5.74, 6) is -5.38. The molecule has 0 spiro atoms. The van der Waals surface area contributed by atoms with Crippen molar-refractivity contribution in [1.82, 2.24) is 24.5 Å². The molecule has 0 aromatic carbocycles. The molecule has 2 aromatic heterocycles. The van der Waals surface area contributed by atoms with E-state index in [9.17, 15) is 47.2 Å². The lowest BCUT2D eigenvalue weighted by Crippen LogP contribution is -2.74. The zero-order chi connectivity index (χ0) is 30.2. The van der Waals surface area contributed by atoms with Crippen molar-refractivity contribution in [2.24, 2.45) is 12.2 Å². The van der Waals surface area contributed by atoms with Gasteiger partial charge < -0.3 is 36.0 Å². The van der Waals surface area contributed by atoms with Crippen LogP contribution in [0.1, 0.15) is 30.0 Å². The van der Waals surface area contributed by atoms with Gasteiger partial charge in [-0.15, -0.1) is 11.3 Å². The number of aryl methyl sites for hydroxylation is 1. The molecule has 0 bridgehead atoms. The van der Waals surface area contributed by atoms with Crippen molar-refractivity contribution in [2.45, 2.75) is 31.5 Å². The van der Waals surface area contributed by atoms with E-state index in [1.807, 2.05) is 0 Å². The van der Waals surface area contributed by atoms with Gasteiger partial charge in [-0.3, -0.25) is 23.7 Å². The molecule has 7 N–H and O–H groups in total. The Kier molecular flexibility index (Phi) is 8.17. The van der Waals surface area contributed by atoms with Gasteiger partial charge >= 0.3 is 16.3 Å². The van der Waals surface area contributed by atoms with Crippen molar-refractivity contribution in [1.29, 1.82) is 0 Å². The molecule has 216 valence electrons. The molecule has 40 heavy (non-hydrogen) atoms. The molecule has 2 atom stereocenters. The number of nitrogen functional groups attached to an aromatic ring is 1. The third kappa shape index (κ3) is 6.18. The Labute approximate surface area is 228 Å². The Balaban J connectivity index is 1.86. The maximum atomic E-state index is 13.1. The standard InChI is InChI=1S/C20H23N7O11S2/c1-20(2,18(33)34)38-25-13(8-7-39-19(21)23-8)16(31)24-14-10(27(17(14)32)40(35,36)37)5-22-15(30)9-4-11(28)12(29)6-26(9)3/h4,6-7,10,14,29H,5H2,1-3H3,(H2,21,23)(H,22,30)(H,24,31)(H,33,34)(H,35,36,37)/t10-,14-/m0/s1. The lowest BCUT2D eigenvalue weighted by molar-refractivity contribution is -0.161. The number of oxime groups is 1. The van der Waals surface area contributed by atoms with Gasteiger partial charge in [0.2, 0.25) is 11.0 Å². The molecule has 18 nitrogen and oxygen atoms in total. The SMILES string of the molecule is Cn1cc(O)c(=O)cc1C(=O)NC[C@H]1[C@H](NC(=O)C(=NOC(C)(C)C(=O)O)c2csc(N)n2)C(=O)N1S(=O)(=O)O. The van der Waals surface area contributed by atoms with Crippen LogP contribution in [0, 0.1) is 0 Å². The third-order valence-electron chi connectivity index (χ3n) is 5.48. The highest BCUT2D eigenvalue weighted by Crippen LogP contribution is 2.24. The summed E-state index contributed by atoms with van der Waals surface area (Å²) in [6.07, 6.45) is 0.970. The van der Waals surface area contributed by atoms with Gasteiger partial charge in [0.1, 0.15) is 17.4 Å².